The monoisotopic (exact) mass is 571 g/mol. The number of methoxy groups -OCH3 is 1. The standard InChI is InChI=1S/C29H34ClN3O5S/c1-5-16-31-29(35)22(3)32(19-23-9-6-8-21(2)17-23)28(34)20-33(25-11-7-10-24(30)18-25)39(36,37)27-14-12-26(38-4)13-15-27/h6-15,17-18,22H,5,16,19-20H2,1-4H3,(H,31,35)/t22-/m1/s1. The molecule has 0 saturated heterocycles. The van der Waals surface area contributed by atoms with Crippen LogP contribution in [0.4, 0.5) is 5.69 Å². The molecule has 1 atom stereocenters. The zero-order valence-electron chi connectivity index (χ0n) is 22.6. The molecule has 0 aliphatic carbocycles. The van der Waals surface area contributed by atoms with Crippen LogP contribution in [0.2, 0.25) is 5.02 Å². The van der Waals surface area contributed by atoms with E-state index in [1.54, 1.807) is 25.1 Å². The van der Waals surface area contributed by atoms with Gasteiger partial charge in [-0.2, -0.15) is 0 Å². The molecule has 0 unspecified atom stereocenters. The molecule has 0 fully saturated rings. The van der Waals surface area contributed by atoms with Crippen LogP contribution in [0.5, 0.6) is 5.75 Å². The van der Waals surface area contributed by atoms with E-state index in [1.807, 2.05) is 38.1 Å². The minimum absolute atomic E-state index is 0.0185. The molecule has 0 saturated carbocycles. The van der Waals surface area contributed by atoms with Gasteiger partial charge in [0.1, 0.15) is 18.3 Å². The predicted molar refractivity (Wildman–Crippen MR) is 153 cm³/mol. The molecule has 10 heteroatoms. The van der Waals surface area contributed by atoms with E-state index in [4.69, 9.17) is 16.3 Å². The second-order valence-corrected chi connectivity index (χ2v) is 11.4. The molecule has 3 aromatic rings. The van der Waals surface area contributed by atoms with Crippen molar-refractivity contribution in [1.82, 2.24) is 10.2 Å². The summed E-state index contributed by atoms with van der Waals surface area (Å²) < 4.78 is 33.9. The fourth-order valence-electron chi connectivity index (χ4n) is 4.02. The van der Waals surface area contributed by atoms with E-state index in [2.05, 4.69) is 5.32 Å². The van der Waals surface area contributed by atoms with E-state index in [1.165, 1.54) is 42.3 Å². The van der Waals surface area contributed by atoms with Crippen LogP contribution in [0.1, 0.15) is 31.4 Å². The summed E-state index contributed by atoms with van der Waals surface area (Å²) in [7, 11) is -2.71. The van der Waals surface area contributed by atoms with Gasteiger partial charge in [-0.15, -0.1) is 0 Å². The Labute approximate surface area is 235 Å². The summed E-state index contributed by atoms with van der Waals surface area (Å²) in [5.74, 6) is -0.353. The van der Waals surface area contributed by atoms with Crippen LogP contribution in [0.15, 0.2) is 77.7 Å². The smallest absolute Gasteiger partial charge is 0.264 e. The highest BCUT2D eigenvalue weighted by atomic mass is 35.5. The number of aryl methyl sites for hydroxylation is 1. The zero-order chi connectivity index (χ0) is 28.6. The first kappa shape index (κ1) is 30.0. The first-order chi connectivity index (χ1) is 18.6. The number of rotatable bonds is 12. The first-order valence-corrected chi connectivity index (χ1v) is 14.4. The summed E-state index contributed by atoms with van der Waals surface area (Å²) in [6.07, 6.45) is 0.743. The van der Waals surface area contributed by atoms with Gasteiger partial charge in [0, 0.05) is 18.1 Å². The number of halogens is 1. The quantitative estimate of drug-likeness (QED) is 0.337. The molecular formula is C29H34ClN3O5S. The largest absolute Gasteiger partial charge is 0.497 e. The van der Waals surface area contributed by atoms with Gasteiger partial charge < -0.3 is 15.0 Å². The van der Waals surface area contributed by atoms with Crippen molar-refractivity contribution in [2.45, 2.75) is 44.7 Å². The third-order valence-corrected chi connectivity index (χ3v) is 8.20. The molecule has 3 aromatic carbocycles. The van der Waals surface area contributed by atoms with Crippen LogP contribution in [-0.4, -0.2) is 51.4 Å². The number of ether oxygens (including phenoxy) is 1. The van der Waals surface area contributed by atoms with Crippen LogP contribution in [0.3, 0.4) is 0 Å². The second-order valence-electron chi connectivity index (χ2n) is 9.14. The number of nitrogens with one attached hydrogen (secondary N) is 1. The van der Waals surface area contributed by atoms with E-state index < -0.39 is 28.5 Å². The molecule has 0 aromatic heterocycles. The highest BCUT2D eigenvalue weighted by Crippen LogP contribution is 2.28. The molecule has 2 amide bonds. The Kier molecular flexibility index (Phi) is 10.4. The molecule has 0 radical (unpaired) electrons. The number of sulfonamides is 1. The van der Waals surface area contributed by atoms with Crippen molar-refractivity contribution in [3.8, 4) is 5.75 Å². The Bertz CT molecular complexity index is 1400. The number of hydrogen-bond donors (Lipinski definition) is 1. The molecule has 0 aliphatic rings. The van der Waals surface area contributed by atoms with Crippen molar-refractivity contribution in [2.24, 2.45) is 0 Å². The maximum Gasteiger partial charge on any atom is 0.264 e. The van der Waals surface area contributed by atoms with Gasteiger partial charge in [-0.1, -0.05) is 54.4 Å². The summed E-state index contributed by atoms with van der Waals surface area (Å²) in [4.78, 5) is 28.2. The lowest BCUT2D eigenvalue weighted by Crippen LogP contribution is -2.51. The third-order valence-electron chi connectivity index (χ3n) is 6.17. The summed E-state index contributed by atoms with van der Waals surface area (Å²) in [6, 6.07) is 19.0. The van der Waals surface area contributed by atoms with Crippen LogP contribution >= 0.6 is 11.6 Å². The Morgan fingerprint density at radius 3 is 2.33 bits per heavy atom. The van der Waals surface area contributed by atoms with Crippen LogP contribution in [0, 0.1) is 6.92 Å². The van der Waals surface area contributed by atoms with E-state index in [9.17, 15) is 18.0 Å². The fraction of sp³-hybridized carbons (Fsp3) is 0.310. The Balaban J connectivity index is 2.02. The summed E-state index contributed by atoms with van der Waals surface area (Å²) in [5, 5.41) is 3.15. The summed E-state index contributed by atoms with van der Waals surface area (Å²) in [5.41, 5.74) is 2.06. The van der Waals surface area contributed by atoms with Gasteiger partial charge in [-0.05, 0) is 68.3 Å². The lowest BCUT2D eigenvalue weighted by atomic mass is 10.1. The van der Waals surface area contributed by atoms with Crippen molar-refractivity contribution in [3.05, 3.63) is 88.9 Å². The number of hydrogen-bond acceptors (Lipinski definition) is 5. The van der Waals surface area contributed by atoms with Gasteiger partial charge in [-0.3, -0.25) is 13.9 Å². The predicted octanol–water partition coefficient (Wildman–Crippen LogP) is 4.80. The topological polar surface area (TPSA) is 96.0 Å². The Morgan fingerprint density at radius 1 is 1.03 bits per heavy atom. The average molecular weight is 572 g/mol. The zero-order valence-corrected chi connectivity index (χ0v) is 24.1. The molecular weight excluding hydrogens is 538 g/mol. The van der Waals surface area contributed by atoms with Gasteiger partial charge in [0.15, 0.2) is 0 Å². The molecule has 0 spiro atoms. The minimum Gasteiger partial charge on any atom is -0.497 e. The Morgan fingerprint density at radius 2 is 1.72 bits per heavy atom. The molecule has 208 valence electrons. The maximum absolute atomic E-state index is 13.9. The molecule has 3 rings (SSSR count). The van der Waals surface area contributed by atoms with Gasteiger partial charge in [0.25, 0.3) is 10.0 Å². The lowest BCUT2D eigenvalue weighted by Gasteiger charge is -2.32. The van der Waals surface area contributed by atoms with Crippen molar-refractivity contribution in [2.75, 3.05) is 24.5 Å². The number of carbonyl (C=O) groups is 2. The molecule has 39 heavy (non-hydrogen) atoms. The van der Waals surface area contributed by atoms with Gasteiger partial charge in [0.2, 0.25) is 11.8 Å². The van der Waals surface area contributed by atoms with Gasteiger partial charge >= 0.3 is 0 Å². The van der Waals surface area contributed by atoms with Gasteiger partial charge in [0.05, 0.1) is 17.7 Å². The number of nitrogens with zero attached hydrogens (tertiary/aromatic N) is 2. The van der Waals surface area contributed by atoms with Crippen molar-refractivity contribution in [3.63, 3.8) is 0 Å². The van der Waals surface area contributed by atoms with Crippen molar-refractivity contribution < 1.29 is 22.7 Å². The van der Waals surface area contributed by atoms with E-state index >= 15 is 0 Å². The van der Waals surface area contributed by atoms with Crippen LogP contribution in [-0.2, 0) is 26.2 Å². The third kappa shape index (κ3) is 7.74. The summed E-state index contributed by atoms with van der Waals surface area (Å²) in [6.45, 7) is 5.58. The van der Waals surface area contributed by atoms with E-state index in [0.29, 0.717) is 17.3 Å². The normalized spacial score (nSPS) is 11.9. The molecule has 0 heterocycles. The SMILES string of the molecule is CCCNC(=O)[C@@H](C)N(Cc1cccc(C)c1)C(=O)CN(c1cccc(Cl)c1)S(=O)(=O)c1ccc(OC)cc1. The molecule has 8 nitrogen and oxygen atoms in total. The number of carbonyl (C=O) groups excluding carboxylic acids is 2. The highest BCUT2D eigenvalue weighted by Gasteiger charge is 2.32. The molecule has 1 N–H and O–H groups in total. The highest BCUT2D eigenvalue weighted by molar-refractivity contribution is 7.92. The molecule has 0 aliphatic heterocycles. The number of amides is 2. The van der Waals surface area contributed by atoms with Crippen LogP contribution < -0.4 is 14.4 Å². The average Bonchev–Trinajstić information content (AvgIpc) is 2.92. The Hall–Kier alpha value is -3.56. The first-order valence-electron chi connectivity index (χ1n) is 12.6. The second kappa shape index (κ2) is 13.5. The number of anilines is 1. The fourth-order valence-corrected chi connectivity index (χ4v) is 5.61. The van der Waals surface area contributed by atoms with Crippen LogP contribution in [0.25, 0.3) is 0 Å². The number of benzene rings is 3. The lowest BCUT2D eigenvalue weighted by molar-refractivity contribution is -0.139. The van der Waals surface area contributed by atoms with E-state index in [0.717, 1.165) is 21.9 Å². The minimum atomic E-state index is -4.19. The van der Waals surface area contributed by atoms with E-state index in [-0.39, 0.29) is 23.0 Å². The maximum atomic E-state index is 13.9. The van der Waals surface area contributed by atoms with Gasteiger partial charge in [-0.25, -0.2) is 8.42 Å². The molecule has 0 bridgehead atoms. The van der Waals surface area contributed by atoms with Crippen molar-refractivity contribution >= 4 is 39.1 Å². The summed E-state index contributed by atoms with van der Waals surface area (Å²) >= 11 is 6.20. The van der Waals surface area contributed by atoms with Crippen molar-refractivity contribution in [1.29, 1.82) is 0 Å².